The van der Waals surface area contributed by atoms with Gasteiger partial charge >= 0.3 is 5.97 Å². The zero-order chi connectivity index (χ0) is 10.9. The van der Waals surface area contributed by atoms with Crippen molar-refractivity contribution in [3.63, 3.8) is 0 Å². The molecule has 1 atom stereocenters. The average Bonchev–Trinajstić information content (AvgIpc) is 2.30. The predicted molar refractivity (Wildman–Crippen MR) is 54.1 cm³/mol. The number of piperazine rings is 3. The molecule has 0 radical (unpaired) electrons. The van der Waals surface area contributed by atoms with Crippen LogP contribution in [0.25, 0.3) is 0 Å². The molecule has 0 aliphatic carbocycles. The van der Waals surface area contributed by atoms with E-state index in [1.165, 1.54) is 0 Å². The van der Waals surface area contributed by atoms with Crippen molar-refractivity contribution in [1.82, 2.24) is 9.80 Å². The van der Waals surface area contributed by atoms with E-state index < -0.39 is 11.7 Å². The largest absolute Gasteiger partial charge is 0.437 e. The second-order valence-corrected chi connectivity index (χ2v) is 3.99. The lowest BCUT2D eigenvalue weighted by Crippen LogP contribution is -2.71. The number of carbonyl (C=O) groups excluding carboxylic acids is 1. The first kappa shape index (κ1) is 10.6. The molecule has 84 valence electrons. The lowest BCUT2D eigenvalue weighted by Gasteiger charge is -2.53. The molecule has 0 amide bonds. The first-order chi connectivity index (χ1) is 7.20. The van der Waals surface area contributed by atoms with Crippen LogP contribution >= 0.6 is 0 Å². The molecule has 3 aliphatic rings. The van der Waals surface area contributed by atoms with Crippen LogP contribution in [0.1, 0.15) is 0 Å². The van der Waals surface area contributed by atoms with Crippen molar-refractivity contribution < 1.29 is 14.6 Å². The van der Waals surface area contributed by atoms with Gasteiger partial charge in [0.1, 0.15) is 0 Å². The Labute approximate surface area is 88.9 Å². The van der Waals surface area contributed by atoms with E-state index in [2.05, 4.69) is 11.5 Å². The zero-order valence-electron chi connectivity index (χ0n) is 8.69. The lowest BCUT2D eigenvalue weighted by molar-refractivity contribution is -0.224. The molecule has 1 N–H and O–H groups in total. The average molecular weight is 212 g/mol. The Morgan fingerprint density at radius 1 is 1.47 bits per heavy atom. The summed E-state index contributed by atoms with van der Waals surface area (Å²) >= 11 is 0. The number of aliphatic hydroxyl groups excluding tert-OH is 1. The number of hydrogen-bond acceptors (Lipinski definition) is 5. The minimum Gasteiger partial charge on any atom is -0.437 e. The van der Waals surface area contributed by atoms with Gasteiger partial charge in [0.15, 0.2) is 0 Å². The van der Waals surface area contributed by atoms with Crippen molar-refractivity contribution in [3.8, 4) is 0 Å². The Bertz CT molecular complexity index is 274. The third-order valence-corrected chi connectivity index (χ3v) is 3.12. The highest BCUT2D eigenvalue weighted by atomic mass is 16.6. The Hall–Kier alpha value is -0.910. The van der Waals surface area contributed by atoms with E-state index in [0.29, 0.717) is 6.54 Å². The maximum absolute atomic E-state index is 11.2. The Kier molecular flexibility index (Phi) is 2.77. The third kappa shape index (κ3) is 1.78. The van der Waals surface area contributed by atoms with Gasteiger partial charge in [0, 0.05) is 32.3 Å². The fourth-order valence-electron chi connectivity index (χ4n) is 2.27. The number of hydrogen-bond donors (Lipinski definition) is 1. The topological polar surface area (TPSA) is 53.0 Å². The van der Waals surface area contributed by atoms with Crippen LogP contribution in [0.2, 0.25) is 0 Å². The summed E-state index contributed by atoms with van der Waals surface area (Å²) in [5.74, 6) is -0.474. The van der Waals surface area contributed by atoms with Crippen molar-refractivity contribution >= 4 is 5.97 Å². The van der Waals surface area contributed by atoms with Gasteiger partial charge < -0.3 is 9.84 Å². The molecule has 3 saturated heterocycles. The minimum absolute atomic E-state index is 0.164. The lowest BCUT2D eigenvalue weighted by atomic mass is 10.0. The summed E-state index contributed by atoms with van der Waals surface area (Å²) in [6.45, 7) is 7.42. The molecule has 2 bridgehead atoms. The second-order valence-electron chi connectivity index (χ2n) is 3.99. The molecule has 0 aromatic heterocycles. The first-order valence-electron chi connectivity index (χ1n) is 5.14. The van der Waals surface area contributed by atoms with Crippen LogP contribution in [0.15, 0.2) is 12.7 Å². The fraction of sp³-hybridized carbons (Fsp3) is 0.700. The summed E-state index contributed by atoms with van der Waals surface area (Å²) in [4.78, 5) is 15.5. The third-order valence-electron chi connectivity index (χ3n) is 3.12. The van der Waals surface area contributed by atoms with Crippen LogP contribution in [0.3, 0.4) is 0 Å². The molecule has 3 aliphatic heterocycles. The standard InChI is InChI=1S/C10H16N2O3/c1-2-9(14)15-10(8-13)7-11-3-5-12(10)6-4-11/h2,13H,1,3-8H2. The van der Waals surface area contributed by atoms with Gasteiger partial charge in [0.2, 0.25) is 5.72 Å². The predicted octanol–water partition coefficient (Wildman–Crippen LogP) is -0.965. The van der Waals surface area contributed by atoms with Crippen LogP contribution in [-0.2, 0) is 9.53 Å². The number of rotatable bonds is 3. The van der Waals surface area contributed by atoms with E-state index in [4.69, 9.17) is 4.74 Å². The number of fused-ring (bicyclic) bond motifs is 3. The summed E-state index contributed by atoms with van der Waals surface area (Å²) in [6.07, 6.45) is 1.14. The van der Waals surface area contributed by atoms with E-state index in [1.807, 2.05) is 4.90 Å². The Balaban J connectivity index is 2.14. The highest BCUT2D eigenvalue weighted by Gasteiger charge is 2.47. The summed E-state index contributed by atoms with van der Waals surface area (Å²) in [5, 5.41) is 9.43. The number of aliphatic hydroxyl groups is 1. The molecule has 0 saturated carbocycles. The van der Waals surface area contributed by atoms with Crippen LogP contribution < -0.4 is 0 Å². The molecule has 5 nitrogen and oxygen atoms in total. The van der Waals surface area contributed by atoms with Crippen molar-refractivity contribution in [2.24, 2.45) is 0 Å². The van der Waals surface area contributed by atoms with Gasteiger partial charge in [0.05, 0.1) is 13.2 Å². The van der Waals surface area contributed by atoms with Crippen molar-refractivity contribution in [2.75, 3.05) is 39.3 Å². The minimum atomic E-state index is -0.845. The van der Waals surface area contributed by atoms with Crippen LogP contribution in [0, 0.1) is 0 Å². The van der Waals surface area contributed by atoms with Crippen LogP contribution in [0.5, 0.6) is 0 Å². The SMILES string of the molecule is C=CC(=O)OC1(CO)CN2CCN1CC2. The molecule has 1 unspecified atom stereocenters. The highest BCUT2D eigenvalue weighted by molar-refractivity contribution is 5.81. The zero-order valence-corrected chi connectivity index (χ0v) is 8.69. The van der Waals surface area contributed by atoms with E-state index in [0.717, 1.165) is 32.3 Å². The molecule has 3 heterocycles. The quantitative estimate of drug-likeness (QED) is 0.482. The molecular weight excluding hydrogens is 196 g/mol. The summed E-state index contributed by atoms with van der Waals surface area (Å²) in [6, 6.07) is 0. The van der Waals surface area contributed by atoms with Gasteiger partial charge in [-0.15, -0.1) is 0 Å². The molecule has 0 aromatic carbocycles. The normalized spacial score (nSPS) is 38.7. The van der Waals surface area contributed by atoms with E-state index in [1.54, 1.807) is 0 Å². The molecule has 0 spiro atoms. The fourth-order valence-corrected chi connectivity index (χ4v) is 2.27. The van der Waals surface area contributed by atoms with Crippen LogP contribution in [0.4, 0.5) is 0 Å². The smallest absolute Gasteiger partial charge is 0.332 e. The molecule has 5 heteroatoms. The van der Waals surface area contributed by atoms with Crippen LogP contribution in [-0.4, -0.2) is 65.9 Å². The van der Waals surface area contributed by atoms with Gasteiger partial charge in [-0.3, -0.25) is 9.80 Å². The first-order valence-corrected chi connectivity index (χ1v) is 5.14. The molecule has 3 fully saturated rings. The number of ether oxygens (including phenoxy) is 1. The van der Waals surface area contributed by atoms with Crippen molar-refractivity contribution in [3.05, 3.63) is 12.7 Å². The number of carbonyl (C=O) groups is 1. The number of esters is 1. The van der Waals surface area contributed by atoms with Crippen molar-refractivity contribution in [2.45, 2.75) is 5.72 Å². The van der Waals surface area contributed by atoms with Gasteiger partial charge in [-0.05, 0) is 0 Å². The van der Waals surface area contributed by atoms with Crippen molar-refractivity contribution in [1.29, 1.82) is 0 Å². The van der Waals surface area contributed by atoms with E-state index in [-0.39, 0.29) is 6.61 Å². The van der Waals surface area contributed by atoms with E-state index in [9.17, 15) is 9.90 Å². The maximum Gasteiger partial charge on any atom is 0.332 e. The summed E-state index contributed by atoms with van der Waals surface area (Å²) < 4.78 is 5.29. The Morgan fingerprint density at radius 2 is 2.13 bits per heavy atom. The van der Waals surface area contributed by atoms with E-state index >= 15 is 0 Å². The summed E-state index contributed by atoms with van der Waals surface area (Å²) in [5.41, 5.74) is -0.845. The van der Waals surface area contributed by atoms with Gasteiger partial charge in [-0.25, -0.2) is 4.79 Å². The summed E-state index contributed by atoms with van der Waals surface area (Å²) in [7, 11) is 0. The van der Waals surface area contributed by atoms with Gasteiger partial charge in [0.25, 0.3) is 0 Å². The molecule has 15 heavy (non-hydrogen) atoms. The van der Waals surface area contributed by atoms with Gasteiger partial charge in [-0.2, -0.15) is 0 Å². The number of nitrogens with zero attached hydrogens (tertiary/aromatic N) is 2. The highest BCUT2D eigenvalue weighted by Crippen LogP contribution is 2.27. The maximum atomic E-state index is 11.2. The monoisotopic (exact) mass is 212 g/mol. The van der Waals surface area contributed by atoms with Gasteiger partial charge in [-0.1, -0.05) is 6.58 Å². The Morgan fingerprint density at radius 3 is 2.53 bits per heavy atom. The second kappa shape index (κ2) is 3.92. The molecular formula is C10H16N2O3. The molecule has 3 rings (SSSR count). The molecule has 0 aromatic rings.